The number of hydrogen-bond donors (Lipinski definition) is 1. The molecule has 0 aromatic heterocycles. The molecular weight excluding hydrogens is 284 g/mol. The van der Waals surface area contributed by atoms with Crippen LogP contribution in [0, 0.1) is 16.7 Å². The highest BCUT2D eigenvalue weighted by atomic mass is 32.2. The summed E-state index contributed by atoms with van der Waals surface area (Å²) in [7, 11) is 0. The van der Waals surface area contributed by atoms with Gasteiger partial charge in [0.25, 0.3) is 0 Å². The Kier molecular flexibility index (Phi) is 4.79. The van der Waals surface area contributed by atoms with Crippen molar-refractivity contribution < 1.29 is 9.90 Å². The number of aliphatic carboxylic acids is 1. The zero-order chi connectivity index (χ0) is 15.5. The second-order valence-electron chi connectivity index (χ2n) is 5.59. The van der Waals surface area contributed by atoms with Crippen LogP contribution in [0.15, 0.2) is 23.1 Å². The van der Waals surface area contributed by atoms with Crippen LogP contribution in [-0.2, 0) is 4.79 Å². The zero-order valence-electron chi connectivity index (χ0n) is 12.4. The Hall–Kier alpha value is -1.67. The van der Waals surface area contributed by atoms with Crippen LogP contribution in [0.1, 0.15) is 32.3 Å². The lowest BCUT2D eigenvalue weighted by Gasteiger charge is -2.39. The van der Waals surface area contributed by atoms with Crippen molar-refractivity contribution in [1.82, 2.24) is 0 Å². The number of rotatable bonds is 4. The maximum absolute atomic E-state index is 11.5. The number of piperidine rings is 1. The lowest BCUT2D eigenvalue weighted by molar-refractivity contribution is -0.148. The van der Waals surface area contributed by atoms with Crippen LogP contribution in [0.2, 0.25) is 0 Å². The minimum Gasteiger partial charge on any atom is -0.481 e. The van der Waals surface area contributed by atoms with E-state index in [4.69, 9.17) is 0 Å². The normalized spacial score (nSPS) is 21.9. The molecule has 0 spiro atoms. The van der Waals surface area contributed by atoms with E-state index in [0.29, 0.717) is 18.5 Å². The quantitative estimate of drug-likeness (QED) is 0.864. The van der Waals surface area contributed by atoms with Crippen molar-refractivity contribution in [3.05, 3.63) is 23.8 Å². The number of benzene rings is 1. The molecule has 1 N–H and O–H groups in total. The summed E-state index contributed by atoms with van der Waals surface area (Å²) in [5.74, 6) is 0.148. The van der Waals surface area contributed by atoms with E-state index in [-0.39, 0.29) is 0 Å². The summed E-state index contributed by atoms with van der Waals surface area (Å²) in [6, 6.07) is 8.12. The summed E-state index contributed by atoms with van der Waals surface area (Å²) >= 11 is 1.65. The predicted molar refractivity (Wildman–Crippen MR) is 84.7 cm³/mol. The third-order valence-electron chi connectivity index (χ3n) is 3.97. The van der Waals surface area contributed by atoms with Gasteiger partial charge in [-0.15, -0.1) is 11.8 Å². The number of nitrogens with zero attached hydrogens (tertiary/aromatic N) is 2. The van der Waals surface area contributed by atoms with Crippen molar-refractivity contribution in [3.8, 4) is 6.07 Å². The third-order valence-corrected chi connectivity index (χ3v) is 4.91. The maximum atomic E-state index is 11.5. The van der Waals surface area contributed by atoms with Gasteiger partial charge in [0.2, 0.25) is 0 Å². The molecule has 0 aliphatic carbocycles. The van der Waals surface area contributed by atoms with E-state index in [1.54, 1.807) is 18.7 Å². The topological polar surface area (TPSA) is 64.3 Å². The van der Waals surface area contributed by atoms with E-state index in [9.17, 15) is 15.2 Å². The van der Waals surface area contributed by atoms with Crippen molar-refractivity contribution in [3.63, 3.8) is 0 Å². The molecule has 1 unspecified atom stereocenters. The van der Waals surface area contributed by atoms with E-state index in [1.165, 1.54) is 0 Å². The van der Waals surface area contributed by atoms with Crippen LogP contribution >= 0.6 is 11.8 Å². The van der Waals surface area contributed by atoms with Gasteiger partial charge in [-0.05, 0) is 37.7 Å². The fourth-order valence-electron chi connectivity index (χ4n) is 2.79. The summed E-state index contributed by atoms with van der Waals surface area (Å²) in [5, 5.41) is 18.9. The van der Waals surface area contributed by atoms with Gasteiger partial charge in [-0.2, -0.15) is 5.26 Å². The summed E-state index contributed by atoms with van der Waals surface area (Å²) in [5.41, 5.74) is 0.793. The highest BCUT2D eigenvalue weighted by Gasteiger charge is 2.38. The Labute approximate surface area is 129 Å². The molecule has 4 nitrogen and oxygen atoms in total. The van der Waals surface area contributed by atoms with Crippen molar-refractivity contribution in [2.24, 2.45) is 5.41 Å². The van der Waals surface area contributed by atoms with Gasteiger partial charge in [0, 0.05) is 18.0 Å². The van der Waals surface area contributed by atoms with Crippen LogP contribution in [0.5, 0.6) is 0 Å². The molecule has 0 saturated carbocycles. The average molecular weight is 304 g/mol. The maximum Gasteiger partial charge on any atom is 0.311 e. The first-order chi connectivity index (χ1) is 10.0. The van der Waals surface area contributed by atoms with Gasteiger partial charge in [0.05, 0.1) is 16.7 Å². The molecule has 5 heteroatoms. The summed E-state index contributed by atoms with van der Waals surface area (Å²) in [6.07, 6.45) is 1.52. The van der Waals surface area contributed by atoms with Crippen molar-refractivity contribution in [1.29, 1.82) is 5.26 Å². The minimum atomic E-state index is -0.759. The molecule has 1 aromatic rings. The summed E-state index contributed by atoms with van der Waals surface area (Å²) in [6.45, 7) is 5.11. The Morgan fingerprint density at radius 1 is 1.57 bits per heavy atom. The smallest absolute Gasteiger partial charge is 0.311 e. The van der Waals surface area contributed by atoms with Crippen LogP contribution in [-0.4, -0.2) is 29.9 Å². The van der Waals surface area contributed by atoms with Gasteiger partial charge in [-0.25, -0.2) is 0 Å². The number of nitriles is 1. The summed E-state index contributed by atoms with van der Waals surface area (Å²) in [4.78, 5) is 14.5. The van der Waals surface area contributed by atoms with Crippen LogP contribution in [0.4, 0.5) is 5.69 Å². The first-order valence-electron chi connectivity index (χ1n) is 7.16. The van der Waals surface area contributed by atoms with Crippen LogP contribution in [0.25, 0.3) is 0 Å². The van der Waals surface area contributed by atoms with Crippen LogP contribution < -0.4 is 4.90 Å². The van der Waals surface area contributed by atoms with Gasteiger partial charge < -0.3 is 10.0 Å². The van der Waals surface area contributed by atoms with Gasteiger partial charge in [0.1, 0.15) is 6.07 Å². The standard InChI is InChI=1S/C16H20N2O2S/c1-3-21-14-7-4-6-13(12(14)10-17)18-9-5-8-16(2,11-18)15(19)20/h4,6-7H,3,5,8-9,11H2,1-2H3,(H,19,20). The number of hydrogen-bond acceptors (Lipinski definition) is 4. The Morgan fingerprint density at radius 2 is 2.33 bits per heavy atom. The SMILES string of the molecule is CCSc1cccc(N2CCCC(C)(C(=O)O)C2)c1C#N. The van der Waals surface area contributed by atoms with E-state index >= 15 is 0 Å². The molecule has 0 amide bonds. The Balaban J connectivity index is 2.36. The van der Waals surface area contributed by atoms with Gasteiger partial charge in [0.15, 0.2) is 0 Å². The number of thioether (sulfide) groups is 1. The van der Waals surface area contributed by atoms with Crippen molar-refractivity contribution in [2.45, 2.75) is 31.6 Å². The highest BCUT2D eigenvalue weighted by Crippen LogP contribution is 2.36. The first-order valence-corrected chi connectivity index (χ1v) is 8.14. The molecule has 2 rings (SSSR count). The largest absolute Gasteiger partial charge is 0.481 e. The lowest BCUT2D eigenvalue weighted by atomic mass is 9.81. The molecular formula is C16H20N2O2S. The number of carboxylic acid groups (broad SMARTS) is 1. The molecule has 112 valence electrons. The molecule has 1 aliphatic heterocycles. The third kappa shape index (κ3) is 3.16. The van der Waals surface area contributed by atoms with Crippen molar-refractivity contribution in [2.75, 3.05) is 23.7 Å². The molecule has 1 saturated heterocycles. The predicted octanol–water partition coefficient (Wildman–Crippen LogP) is 3.36. The van der Waals surface area contributed by atoms with Gasteiger partial charge in [-0.1, -0.05) is 13.0 Å². The Morgan fingerprint density at radius 3 is 2.95 bits per heavy atom. The Bertz CT molecular complexity index is 582. The molecule has 1 aliphatic rings. The van der Waals surface area contributed by atoms with E-state index in [0.717, 1.165) is 29.3 Å². The monoisotopic (exact) mass is 304 g/mol. The average Bonchev–Trinajstić information content (AvgIpc) is 2.47. The second-order valence-corrected chi connectivity index (χ2v) is 6.89. The second kappa shape index (κ2) is 6.40. The lowest BCUT2D eigenvalue weighted by Crippen LogP contribution is -2.46. The number of anilines is 1. The highest BCUT2D eigenvalue weighted by molar-refractivity contribution is 7.99. The minimum absolute atomic E-state index is 0.456. The van der Waals surface area contributed by atoms with Crippen molar-refractivity contribution >= 4 is 23.4 Å². The summed E-state index contributed by atoms with van der Waals surface area (Å²) < 4.78 is 0. The molecule has 1 fully saturated rings. The first kappa shape index (κ1) is 15.7. The van der Waals surface area contributed by atoms with Gasteiger partial charge in [-0.3, -0.25) is 4.79 Å². The fourth-order valence-corrected chi connectivity index (χ4v) is 3.57. The van der Waals surface area contributed by atoms with E-state index in [1.807, 2.05) is 18.2 Å². The number of carboxylic acids is 1. The van der Waals surface area contributed by atoms with E-state index in [2.05, 4.69) is 17.9 Å². The zero-order valence-corrected chi connectivity index (χ0v) is 13.2. The number of carbonyl (C=O) groups is 1. The molecule has 21 heavy (non-hydrogen) atoms. The molecule has 0 bridgehead atoms. The fraction of sp³-hybridized carbons (Fsp3) is 0.500. The molecule has 0 radical (unpaired) electrons. The van der Waals surface area contributed by atoms with E-state index < -0.39 is 11.4 Å². The molecule has 1 heterocycles. The molecule has 1 aromatic carbocycles. The molecule has 1 atom stereocenters. The van der Waals surface area contributed by atoms with Crippen LogP contribution in [0.3, 0.4) is 0 Å². The van der Waals surface area contributed by atoms with Gasteiger partial charge >= 0.3 is 5.97 Å².